The van der Waals surface area contributed by atoms with E-state index in [1.807, 2.05) is 31.2 Å². The number of aromatic nitrogens is 2. The summed E-state index contributed by atoms with van der Waals surface area (Å²) in [5, 5.41) is 0. The van der Waals surface area contributed by atoms with Gasteiger partial charge in [0.05, 0.1) is 11.0 Å². The van der Waals surface area contributed by atoms with E-state index in [0.29, 0.717) is 0 Å². The minimum absolute atomic E-state index is 0.110. The van der Waals surface area contributed by atoms with Crippen LogP contribution in [0.1, 0.15) is 35.5 Å². The number of fused-ring (bicyclic) bond motifs is 1. The van der Waals surface area contributed by atoms with Crippen LogP contribution in [0.15, 0.2) is 36.4 Å². The van der Waals surface area contributed by atoms with E-state index in [-0.39, 0.29) is 6.10 Å². The van der Waals surface area contributed by atoms with Gasteiger partial charge in [0.2, 0.25) is 0 Å². The van der Waals surface area contributed by atoms with Crippen molar-refractivity contribution in [3.63, 3.8) is 0 Å². The SMILES string of the molecule is Cc1ccc(OC(C)c2nc3cc(C)c(C)cc3[nH]2)cc1. The lowest BCUT2D eigenvalue weighted by molar-refractivity contribution is 0.218. The maximum atomic E-state index is 5.95. The Morgan fingerprint density at radius 1 is 1.00 bits per heavy atom. The number of nitrogens with one attached hydrogen (secondary N) is 1. The quantitative estimate of drug-likeness (QED) is 0.759. The Morgan fingerprint density at radius 3 is 2.38 bits per heavy atom. The summed E-state index contributed by atoms with van der Waals surface area (Å²) in [7, 11) is 0. The van der Waals surface area contributed by atoms with Crippen molar-refractivity contribution in [2.24, 2.45) is 0 Å². The number of ether oxygens (including phenoxy) is 1. The number of aryl methyl sites for hydroxylation is 3. The molecule has 0 spiro atoms. The Balaban J connectivity index is 1.87. The third kappa shape index (κ3) is 2.77. The Hall–Kier alpha value is -2.29. The van der Waals surface area contributed by atoms with Crippen LogP contribution in [0.2, 0.25) is 0 Å². The lowest BCUT2D eigenvalue weighted by atomic mass is 10.1. The number of rotatable bonds is 3. The normalized spacial score (nSPS) is 12.6. The van der Waals surface area contributed by atoms with Crippen molar-refractivity contribution < 1.29 is 4.74 Å². The van der Waals surface area contributed by atoms with Crippen LogP contribution in [0.5, 0.6) is 5.75 Å². The molecule has 3 heteroatoms. The summed E-state index contributed by atoms with van der Waals surface area (Å²) in [6.45, 7) is 8.30. The summed E-state index contributed by atoms with van der Waals surface area (Å²) in [5.41, 5.74) is 5.81. The standard InChI is InChI=1S/C18H20N2O/c1-11-5-7-15(8-6-11)21-14(4)18-19-16-9-12(2)13(3)10-17(16)20-18/h5-10,14H,1-4H3,(H,19,20). The van der Waals surface area contributed by atoms with Gasteiger partial charge in [-0.3, -0.25) is 0 Å². The van der Waals surface area contributed by atoms with E-state index in [0.717, 1.165) is 22.6 Å². The van der Waals surface area contributed by atoms with Crippen molar-refractivity contribution >= 4 is 11.0 Å². The molecule has 3 nitrogen and oxygen atoms in total. The zero-order chi connectivity index (χ0) is 15.0. The van der Waals surface area contributed by atoms with Crippen LogP contribution in [0, 0.1) is 20.8 Å². The number of hydrogen-bond donors (Lipinski definition) is 1. The fourth-order valence-electron chi connectivity index (χ4n) is 2.36. The molecule has 0 aliphatic rings. The van der Waals surface area contributed by atoms with E-state index in [1.54, 1.807) is 0 Å². The van der Waals surface area contributed by atoms with E-state index >= 15 is 0 Å². The molecule has 0 bridgehead atoms. The monoisotopic (exact) mass is 280 g/mol. The van der Waals surface area contributed by atoms with Crippen LogP contribution in [-0.4, -0.2) is 9.97 Å². The molecule has 1 unspecified atom stereocenters. The van der Waals surface area contributed by atoms with E-state index in [1.165, 1.54) is 16.7 Å². The average Bonchev–Trinajstić information content (AvgIpc) is 2.85. The minimum Gasteiger partial charge on any atom is -0.483 e. The van der Waals surface area contributed by atoms with Crippen LogP contribution >= 0.6 is 0 Å². The molecule has 0 amide bonds. The van der Waals surface area contributed by atoms with Gasteiger partial charge in [-0.25, -0.2) is 4.98 Å². The highest BCUT2D eigenvalue weighted by atomic mass is 16.5. The summed E-state index contributed by atoms with van der Waals surface area (Å²) in [6.07, 6.45) is -0.110. The molecule has 1 aromatic heterocycles. The van der Waals surface area contributed by atoms with Gasteiger partial charge in [-0.1, -0.05) is 17.7 Å². The van der Waals surface area contributed by atoms with Crippen LogP contribution in [0.3, 0.4) is 0 Å². The van der Waals surface area contributed by atoms with Gasteiger partial charge in [0, 0.05) is 0 Å². The van der Waals surface area contributed by atoms with Gasteiger partial charge in [0.1, 0.15) is 11.6 Å². The van der Waals surface area contributed by atoms with Crippen molar-refractivity contribution in [1.29, 1.82) is 0 Å². The number of H-pyrrole nitrogens is 1. The van der Waals surface area contributed by atoms with Gasteiger partial charge >= 0.3 is 0 Å². The molecule has 1 N–H and O–H groups in total. The smallest absolute Gasteiger partial charge is 0.153 e. The Kier molecular flexibility index (Phi) is 3.42. The molecular formula is C18H20N2O. The van der Waals surface area contributed by atoms with E-state index in [9.17, 15) is 0 Å². The van der Waals surface area contributed by atoms with Crippen molar-refractivity contribution in [2.75, 3.05) is 0 Å². The molecule has 0 radical (unpaired) electrons. The molecule has 0 saturated carbocycles. The van der Waals surface area contributed by atoms with E-state index < -0.39 is 0 Å². The number of aromatic amines is 1. The molecule has 0 aliphatic heterocycles. The third-order valence-corrected chi connectivity index (χ3v) is 3.83. The summed E-state index contributed by atoms with van der Waals surface area (Å²) in [6, 6.07) is 12.3. The van der Waals surface area contributed by atoms with Crippen LogP contribution in [0.25, 0.3) is 11.0 Å². The molecule has 2 aromatic carbocycles. The summed E-state index contributed by atoms with van der Waals surface area (Å²) in [5.74, 6) is 1.72. The van der Waals surface area contributed by atoms with Crippen LogP contribution in [0.4, 0.5) is 0 Å². The highest BCUT2D eigenvalue weighted by Crippen LogP contribution is 2.24. The van der Waals surface area contributed by atoms with Gasteiger partial charge in [0.15, 0.2) is 6.10 Å². The number of nitrogens with zero attached hydrogens (tertiary/aromatic N) is 1. The summed E-state index contributed by atoms with van der Waals surface area (Å²) < 4.78 is 5.95. The van der Waals surface area contributed by atoms with Gasteiger partial charge in [-0.2, -0.15) is 0 Å². The first-order chi connectivity index (χ1) is 10.0. The maximum absolute atomic E-state index is 5.95. The zero-order valence-corrected chi connectivity index (χ0v) is 12.9. The lowest BCUT2D eigenvalue weighted by Crippen LogP contribution is -2.04. The molecular weight excluding hydrogens is 260 g/mol. The van der Waals surface area contributed by atoms with Crippen molar-refractivity contribution in [3.8, 4) is 5.75 Å². The zero-order valence-electron chi connectivity index (χ0n) is 12.9. The molecule has 0 aliphatic carbocycles. The van der Waals surface area contributed by atoms with Gasteiger partial charge in [0.25, 0.3) is 0 Å². The average molecular weight is 280 g/mol. The Bertz CT molecular complexity index is 733. The highest BCUT2D eigenvalue weighted by molar-refractivity contribution is 5.77. The predicted molar refractivity (Wildman–Crippen MR) is 85.8 cm³/mol. The number of benzene rings is 2. The second-order valence-corrected chi connectivity index (χ2v) is 5.65. The van der Waals surface area contributed by atoms with Gasteiger partial charge < -0.3 is 9.72 Å². The predicted octanol–water partition coefficient (Wildman–Crippen LogP) is 4.63. The van der Waals surface area contributed by atoms with Crippen molar-refractivity contribution in [1.82, 2.24) is 9.97 Å². The molecule has 1 atom stereocenters. The van der Waals surface area contributed by atoms with Gasteiger partial charge in [-0.05, 0) is 63.1 Å². The summed E-state index contributed by atoms with van der Waals surface area (Å²) >= 11 is 0. The minimum atomic E-state index is -0.110. The fourth-order valence-corrected chi connectivity index (χ4v) is 2.36. The van der Waals surface area contributed by atoms with Gasteiger partial charge in [-0.15, -0.1) is 0 Å². The second-order valence-electron chi connectivity index (χ2n) is 5.65. The molecule has 0 fully saturated rings. The molecule has 3 rings (SSSR count). The Labute approximate surface area is 125 Å². The largest absolute Gasteiger partial charge is 0.483 e. The topological polar surface area (TPSA) is 37.9 Å². The molecule has 21 heavy (non-hydrogen) atoms. The van der Waals surface area contributed by atoms with Crippen molar-refractivity contribution in [3.05, 3.63) is 58.9 Å². The number of hydrogen-bond acceptors (Lipinski definition) is 2. The van der Waals surface area contributed by atoms with E-state index in [4.69, 9.17) is 4.74 Å². The Morgan fingerprint density at radius 2 is 1.67 bits per heavy atom. The van der Waals surface area contributed by atoms with E-state index in [2.05, 4.69) is 42.9 Å². The lowest BCUT2D eigenvalue weighted by Gasteiger charge is -2.12. The molecule has 108 valence electrons. The second kappa shape index (κ2) is 5.24. The third-order valence-electron chi connectivity index (χ3n) is 3.83. The molecule has 0 saturated heterocycles. The first-order valence-electron chi connectivity index (χ1n) is 7.23. The maximum Gasteiger partial charge on any atom is 0.153 e. The first-order valence-corrected chi connectivity index (χ1v) is 7.23. The fraction of sp³-hybridized carbons (Fsp3) is 0.278. The van der Waals surface area contributed by atoms with Crippen molar-refractivity contribution in [2.45, 2.75) is 33.8 Å². The first kappa shape index (κ1) is 13.7. The van der Waals surface area contributed by atoms with Crippen LogP contribution in [-0.2, 0) is 0 Å². The number of imidazole rings is 1. The molecule has 3 aromatic rings. The molecule has 1 heterocycles. The van der Waals surface area contributed by atoms with Crippen LogP contribution < -0.4 is 4.74 Å². The highest BCUT2D eigenvalue weighted by Gasteiger charge is 2.13. The summed E-state index contributed by atoms with van der Waals surface area (Å²) in [4.78, 5) is 8.01.